The molecule has 134 valence electrons. The van der Waals surface area contributed by atoms with E-state index in [9.17, 15) is 9.90 Å². The normalized spacial score (nSPS) is 12.1. The smallest absolute Gasteiger partial charge is 0.343 e. The molecule has 1 heterocycles. The Hall–Kier alpha value is -2.33. The second kappa shape index (κ2) is 8.37. The maximum absolute atomic E-state index is 12.6. The van der Waals surface area contributed by atoms with Crippen molar-refractivity contribution in [2.45, 2.75) is 32.1 Å². The molecule has 0 bridgehead atoms. The minimum Gasteiger partial charge on any atom is -0.507 e. The Balaban J connectivity index is 1.86. The average molecular weight is 413 g/mol. The molecule has 1 N–H and O–H groups in total. The van der Waals surface area contributed by atoms with Gasteiger partial charge in [-0.1, -0.05) is 65.3 Å². The summed E-state index contributed by atoms with van der Waals surface area (Å²) in [5.74, 6) is 0.326. The van der Waals surface area contributed by atoms with Gasteiger partial charge in [0.15, 0.2) is 0 Å². The van der Waals surface area contributed by atoms with Crippen LogP contribution in [-0.4, -0.2) is 5.11 Å². The lowest BCUT2D eigenvalue weighted by Gasteiger charge is -2.16. The maximum atomic E-state index is 12.6. The van der Waals surface area contributed by atoms with Gasteiger partial charge in [0.25, 0.3) is 0 Å². The molecule has 1 unspecified atom stereocenters. The standard InChI is InChI=1S/C22H21BrO3/c1-2-19(16-9-11-17(23)12-10-16)21-20(24)14-18(26-22(21)25)13-8-15-6-4-3-5-7-15/h3-7,9-12,14,19,24H,2,8,13H2,1H3. The van der Waals surface area contributed by atoms with Crippen molar-refractivity contribution in [3.05, 3.63) is 98.0 Å². The molecule has 0 aliphatic carbocycles. The lowest BCUT2D eigenvalue weighted by atomic mass is 9.89. The van der Waals surface area contributed by atoms with E-state index >= 15 is 0 Å². The molecule has 0 spiro atoms. The zero-order chi connectivity index (χ0) is 18.5. The van der Waals surface area contributed by atoms with Crippen molar-refractivity contribution < 1.29 is 9.52 Å². The number of hydrogen-bond donors (Lipinski definition) is 1. The topological polar surface area (TPSA) is 50.4 Å². The van der Waals surface area contributed by atoms with Crippen LogP contribution in [0.2, 0.25) is 0 Å². The van der Waals surface area contributed by atoms with E-state index in [1.54, 1.807) is 6.07 Å². The Morgan fingerprint density at radius 2 is 1.73 bits per heavy atom. The third kappa shape index (κ3) is 4.25. The summed E-state index contributed by atoms with van der Waals surface area (Å²) in [4.78, 5) is 12.6. The van der Waals surface area contributed by atoms with Crippen LogP contribution in [0.15, 0.2) is 74.3 Å². The predicted molar refractivity (Wildman–Crippen MR) is 107 cm³/mol. The Kier molecular flexibility index (Phi) is 5.94. The summed E-state index contributed by atoms with van der Waals surface area (Å²) in [6.45, 7) is 1.99. The average Bonchev–Trinajstić information content (AvgIpc) is 2.65. The molecule has 0 saturated heterocycles. The highest BCUT2D eigenvalue weighted by Gasteiger charge is 2.22. The molecule has 4 heteroatoms. The molecule has 26 heavy (non-hydrogen) atoms. The van der Waals surface area contributed by atoms with Gasteiger partial charge in [-0.3, -0.25) is 0 Å². The van der Waals surface area contributed by atoms with E-state index in [1.165, 1.54) is 5.56 Å². The van der Waals surface area contributed by atoms with Gasteiger partial charge in [0, 0.05) is 22.9 Å². The highest BCUT2D eigenvalue weighted by atomic mass is 79.9. The zero-order valence-corrected chi connectivity index (χ0v) is 16.2. The number of halogens is 1. The fourth-order valence-electron chi connectivity index (χ4n) is 3.20. The lowest BCUT2D eigenvalue weighted by molar-refractivity contribution is 0.406. The molecule has 1 atom stereocenters. The molecule has 3 rings (SSSR count). The minimum absolute atomic E-state index is 0.0130. The second-order valence-corrected chi connectivity index (χ2v) is 7.21. The quantitative estimate of drug-likeness (QED) is 0.586. The van der Waals surface area contributed by atoms with Crippen LogP contribution >= 0.6 is 15.9 Å². The van der Waals surface area contributed by atoms with Crippen LogP contribution < -0.4 is 5.63 Å². The Labute approximate surface area is 161 Å². The molecule has 0 radical (unpaired) electrons. The van der Waals surface area contributed by atoms with Gasteiger partial charge in [0.1, 0.15) is 11.5 Å². The van der Waals surface area contributed by atoms with E-state index < -0.39 is 5.63 Å². The van der Waals surface area contributed by atoms with Crippen LogP contribution in [0.1, 0.15) is 41.7 Å². The molecule has 0 saturated carbocycles. The van der Waals surface area contributed by atoms with Gasteiger partial charge in [-0.05, 0) is 36.1 Å². The summed E-state index contributed by atoms with van der Waals surface area (Å²) < 4.78 is 6.49. The number of hydrogen-bond acceptors (Lipinski definition) is 3. The third-order valence-electron chi connectivity index (χ3n) is 4.55. The number of aryl methyl sites for hydroxylation is 2. The highest BCUT2D eigenvalue weighted by molar-refractivity contribution is 9.10. The van der Waals surface area contributed by atoms with Gasteiger partial charge < -0.3 is 9.52 Å². The van der Waals surface area contributed by atoms with E-state index in [2.05, 4.69) is 15.9 Å². The molecular weight excluding hydrogens is 392 g/mol. The summed E-state index contributed by atoms with van der Waals surface area (Å²) in [7, 11) is 0. The summed E-state index contributed by atoms with van der Waals surface area (Å²) in [5.41, 5.74) is 2.02. The van der Waals surface area contributed by atoms with Gasteiger partial charge >= 0.3 is 5.63 Å². The summed E-state index contributed by atoms with van der Waals surface area (Å²) >= 11 is 3.42. The van der Waals surface area contributed by atoms with Gasteiger partial charge in [0.05, 0.1) is 5.56 Å². The molecule has 3 aromatic rings. The molecule has 0 amide bonds. The SMILES string of the molecule is CCC(c1ccc(Br)cc1)c1c(O)cc(CCc2ccccc2)oc1=O. The van der Waals surface area contributed by atoms with Gasteiger partial charge in [-0.25, -0.2) is 4.79 Å². The van der Waals surface area contributed by atoms with E-state index in [0.29, 0.717) is 24.2 Å². The van der Waals surface area contributed by atoms with Crippen LogP contribution in [0.25, 0.3) is 0 Å². The molecule has 0 aliphatic rings. The molecule has 3 nitrogen and oxygen atoms in total. The first-order valence-electron chi connectivity index (χ1n) is 8.73. The largest absolute Gasteiger partial charge is 0.507 e. The van der Waals surface area contributed by atoms with Crippen molar-refractivity contribution in [2.75, 3.05) is 0 Å². The van der Waals surface area contributed by atoms with Gasteiger partial charge in [-0.15, -0.1) is 0 Å². The van der Waals surface area contributed by atoms with Crippen molar-refractivity contribution >= 4 is 15.9 Å². The van der Waals surface area contributed by atoms with Crippen LogP contribution in [-0.2, 0) is 12.8 Å². The second-order valence-electron chi connectivity index (χ2n) is 6.30. The van der Waals surface area contributed by atoms with E-state index in [1.807, 2.05) is 61.5 Å². The Morgan fingerprint density at radius 3 is 2.35 bits per heavy atom. The van der Waals surface area contributed by atoms with Crippen molar-refractivity contribution in [1.82, 2.24) is 0 Å². The molecule has 0 aliphatic heterocycles. The lowest BCUT2D eigenvalue weighted by Crippen LogP contribution is -2.15. The zero-order valence-electron chi connectivity index (χ0n) is 14.6. The molecule has 1 aromatic heterocycles. The number of benzene rings is 2. The molecule has 0 fully saturated rings. The van der Waals surface area contributed by atoms with Crippen molar-refractivity contribution in [1.29, 1.82) is 0 Å². The van der Waals surface area contributed by atoms with Crippen molar-refractivity contribution in [2.24, 2.45) is 0 Å². The number of rotatable bonds is 6. The summed E-state index contributed by atoms with van der Waals surface area (Å²) in [6, 6.07) is 19.4. The van der Waals surface area contributed by atoms with Gasteiger partial charge in [-0.2, -0.15) is 0 Å². The first-order valence-corrected chi connectivity index (χ1v) is 9.53. The van der Waals surface area contributed by atoms with Crippen molar-refractivity contribution in [3.8, 4) is 5.75 Å². The van der Waals surface area contributed by atoms with E-state index in [4.69, 9.17) is 4.42 Å². The van der Waals surface area contributed by atoms with Crippen LogP contribution in [0, 0.1) is 0 Å². The highest BCUT2D eigenvalue weighted by Crippen LogP contribution is 2.32. The first-order chi connectivity index (χ1) is 12.6. The van der Waals surface area contributed by atoms with Crippen LogP contribution in [0.3, 0.4) is 0 Å². The molecular formula is C22H21BrO3. The Bertz CT molecular complexity index is 914. The fourth-order valence-corrected chi connectivity index (χ4v) is 3.46. The third-order valence-corrected chi connectivity index (χ3v) is 5.08. The monoisotopic (exact) mass is 412 g/mol. The van der Waals surface area contributed by atoms with Crippen molar-refractivity contribution in [3.63, 3.8) is 0 Å². The first kappa shape index (κ1) is 18.5. The maximum Gasteiger partial charge on any atom is 0.343 e. The minimum atomic E-state index is -0.456. The fraction of sp³-hybridized carbons (Fsp3) is 0.227. The summed E-state index contributed by atoms with van der Waals surface area (Å²) in [5, 5.41) is 10.5. The Morgan fingerprint density at radius 1 is 1.04 bits per heavy atom. The van der Waals surface area contributed by atoms with Gasteiger partial charge in [0.2, 0.25) is 0 Å². The predicted octanol–water partition coefficient (Wildman–Crippen LogP) is 5.44. The molecule has 2 aromatic carbocycles. The number of aromatic hydroxyl groups is 1. The van der Waals surface area contributed by atoms with E-state index in [0.717, 1.165) is 16.5 Å². The van der Waals surface area contributed by atoms with E-state index in [-0.39, 0.29) is 11.7 Å². The van der Waals surface area contributed by atoms with Crippen LogP contribution in [0.5, 0.6) is 5.75 Å². The summed E-state index contributed by atoms with van der Waals surface area (Å²) in [6.07, 6.45) is 2.03. The van der Waals surface area contributed by atoms with Crippen LogP contribution in [0.4, 0.5) is 0 Å².